The third-order valence-electron chi connectivity index (χ3n) is 3.52. The van der Waals surface area contributed by atoms with Crippen molar-refractivity contribution in [1.29, 1.82) is 0 Å². The van der Waals surface area contributed by atoms with E-state index in [1.54, 1.807) is 6.92 Å². The van der Waals surface area contributed by atoms with Gasteiger partial charge in [0.25, 0.3) is 5.56 Å². The molecule has 1 aromatic carbocycles. The Labute approximate surface area is 134 Å². The Bertz CT molecular complexity index is 748. The Morgan fingerprint density at radius 3 is 2.48 bits per heavy atom. The lowest BCUT2D eigenvalue weighted by Crippen LogP contribution is -2.22. The molecule has 2 aromatic rings. The van der Waals surface area contributed by atoms with Crippen LogP contribution < -0.4 is 10.3 Å². The number of aromatic amines is 1. The molecule has 0 aliphatic carbocycles. The number of benzene rings is 1. The first-order valence-corrected chi connectivity index (χ1v) is 7.40. The van der Waals surface area contributed by atoms with Gasteiger partial charge in [-0.2, -0.15) is 0 Å². The number of hydrogen-bond acceptors (Lipinski definition) is 4. The summed E-state index contributed by atoms with van der Waals surface area (Å²) in [5.41, 5.74) is 1.36. The van der Waals surface area contributed by atoms with Crippen molar-refractivity contribution in [3.05, 3.63) is 57.3 Å². The predicted octanol–water partition coefficient (Wildman–Crippen LogP) is 2.41. The number of carboxylic acids is 1. The van der Waals surface area contributed by atoms with Gasteiger partial charge < -0.3 is 14.8 Å². The van der Waals surface area contributed by atoms with Gasteiger partial charge in [0.1, 0.15) is 18.2 Å². The van der Waals surface area contributed by atoms with E-state index < -0.39 is 11.5 Å². The summed E-state index contributed by atoms with van der Waals surface area (Å²) in [6, 6.07) is 7.74. The minimum Gasteiger partial charge on any atom is -0.486 e. The maximum atomic E-state index is 11.9. The van der Waals surface area contributed by atoms with E-state index in [1.165, 1.54) is 5.56 Å². The van der Waals surface area contributed by atoms with Gasteiger partial charge >= 0.3 is 5.97 Å². The fourth-order valence-corrected chi connectivity index (χ4v) is 2.20. The second-order valence-corrected chi connectivity index (χ2v) is 5.66. The summed E-state index contributed by atoms with van der Waals surface area (Å²) >= 11 is 0. The molecule has 0 saturated carbocycles. The number of aliphatic carboxylic acids is 1. The van der Waals surface area contributed by atoms with Gasteiger partial charge in [0.05, 0.1) is 6.42 Å². The van der Waals surface area contributed by atoms with E-state index in [2.05, 4.69) is 23.8 Å². The van der Waals surface area contributed by atoms with Crippen LogP contribution in [0.4, 0.5) is 0 Å². The summed E-state index contributed by atoms with van der Waals surface area (Å²) in [6.07, 6.45) is -0.341. The quantitative estimate of drug-likeness (QED) is 0.853. The molecule has 0 radical (unpaired) electrons. The summed E-state index contributed by atoms with van der Waals surface area (Å²) in [6.45, 7) is 5.97. The number of ether oxygens (including phenoxy) is 1. The van der Waals surface area contributed by atoms with Crippen molar-refractivity contribution >= 4 is 5.97 Å². The van der Waals surface area contributed by atoms with Gasteiger partial charge in [-0.05, 0) is 30.5 Å². The molecule has 0 amide bonds. The number of H-pyrrole nitrogens is 1. The molecule has 0 aliphatic heterocycles. The first kappa shape index (κ1) is 16.7. The van der Waals surface area contributed by atoms with E-state index in [4.69, 9.17) is 9.84 Å². The molecule has 1 aromatic heterocycles. The Hall–Kier alpha value is -2.63. The van der Waals surface area contributed by atoms with Crippen LogP contribution >= 0.6 is 0 Å². The van der Waals surface area contributed by atoms with Gasteiger partial charge in [-0.1, -0.05) is 26.0 Å². The Morgan fingerprint density at radius 2 is 1.96 bits per heavy atom. The highest BCUT2D eigenvalue weighted by Gasteiger charge is 2.12. The number of hydrogen-bond donors (Lipinski definition) is 2. The average molecular weight is 316 g/mol. The molecule has 0 unspecified atom stereocenters. The van der Waals surface area contributed by atoms with Crippen molar-refractivity contribution in [2.75, 3.05) is 0 Å². The molecule has 1 heterocycles. The second kappa shape index (κ2) is 7.09. The van der Waals surface area contributed by atoms with Crippen LogP contribution in [0.25, 0.3) is 0 Å². The highest BCUT2D eigenvalue weighted by atomic mass is 16.5. The van der Waals surface area contributed by atoms with Crippen molar-refractivity contribution < 1.29 is 14.6 Å². The fraction of sp³-hybridized carbons (Fsp3) is 0.353. The molecule has 2 N–H and O–H groups in total. The van der Waals surface area contributed by atoms with Crippen LogP contribution in [0, 0.1) is 6.92 Å². The van der Waals surface area contributed by atoms with Crippen LogP contribution in [0.5, 0.6) is 5.75 Å². The molecule has 0 fully saturated rings. The maximum Gasteiger partial charge on any atom is 0.308 e. The second-order valence-electron chi connectivity index (χ2n) is 5.66. The number of rotatable bonds is 6. The minimum absolute atomic E-state index is 0.116. The predicted molar refractivity (Wildman–Crippen MR) is 85.8 cm³/mol. The van der Waals surface area contributed by atoms with Gasteiger partial charge in [0, 0.05) is 11.3 Å². The van der Waals surface area contributed by atoms with Gasteiger partial charge in [0.15, 0.2) is 0 Å². The monoisotopic (exact) mass is 316 g/mol. The van der Waals surface area contributed by atoms with Gasteiger partial charge in [-0.25, -0.2) is 4.98 Å². The van der Waals surface area contributed by atoms with Crippen molar-refractivity contribution in [2.45, 2.75) is 39.7 Å². The lowest BCUT2D eigenvalue weighted by atomic mass is 10.0. The van der Waals surface area contributed by atoms with E-state index in [0.717, 1.165) is 0 Å². The fourth-order valence-electron chi connectivity index (χ4n) is 2.20. The van der Waals surface area contributed by atoms with E-state index in [0.29, 0.717) is 23.2 Å². The van der Waals surface area contributed by atoms with E-state index in [1.807, 2.05) is 24.3 Å². The zero-order chi connectivity index (χ0) is 17.0. The Balaban J connectivity index is 2.09. The summed E-state index contributed by atoms with van der Waals surface area (Å²) in [5.74, 6) is 0.444. The summed E-state index contributed by atoms with van der Waals surface area (Å²) in [7, 11) is 0. The molecule has 0 saturated heterocycles. The molecule has 122 valence electrons. The first-order valence-electron chi connectivity index (χ1n) is 7.40. The van der Waals surface area contributed by atoms with Crippen molar-refractivity contribution in [1.82, 2.24) is 9.97 Å². The van der Waals surface area contributed by atoms with Crippen molar-refractivity contribution in [3.63, 3.8) is 0 Å². The molecule has 0 atom stereocenters. The zero-order valence-electron chi connectivity index (χ0n) is 13.4. The zero-order valence-corrected chi connectivity index (χ0v) is 13.4. The molecule has 0 aliphatic rings. The van der Waals surface area contributed by atoms with E-state index >= 15 is 0 Å². The standard InChI is InChI=1S/C17H20N2O4/c1-10(2)12-4-6-13(7-5-12)23-9-15-18-11(3)14(8-16(20)21)17(22)19-15/h4-7,10H,8-9H2,1-3H3,(H,20,21)(H,18,19,22). The summed E-state index contributed by atoms with van der Waals surface area (Å²) < 4.78 is 5.61. The molecule has 2 rings (SSSR count). The lowest BCUT2D eigenvalue weighted by Gasteiger charge is -2.09. The van der Waals surface area contributed by atoms with Crippen LogP contribution in [0.2, 0.25) is 0 Å². The third kappa shape index (κ3) is 4.42. The number of carbonyl (C=O) groups is 1. The van der Waals surface area contributed by atoms with Crippen LogP contribution in [-0.4, -0.2) is 21.0 Å². The molecule has 6 heteroatoms. The number of nitrogens with zero attached hydrogens (tertiary/aromatic N) is 1. The smallest absolute Gasteiger partial charge is 0.308 e. The molecular formula is C17H20N2O4. The van der Waals surface area contributed by atoms with Crippen molar-refractivity contribution in [3.8, 4) is 5.75 Å². The van der Waals surface area contributed by atoms with Gasteiger partial charge in [-0.3, -0.25) is 9.59 Å². The Morgan fingerprint density at radius 1 is 1.30 bits per heavy atom. The number of aromatic nitrogens is 2. The molecule has 6 nitrogen and oxygen atoms in total. The number of nitrogens with one attached hydrogen (secondary N) is 1. The molecule has 0 bridgehead atoms. The minimum atomic E-state index is -1.06. The van der Waals surface area contributed by atoms with Crippen LogP contribution in [0.1, 0.15) is 42.4 Å². The highest BCUT2D eigenvalue weighted by Crippen LogP contribution is 2.19. The number of aryl methyl sites for hydroxylation is 1. The van der Waals surface area contributed by atoms with Crippen molar-refractivity contribution in [2.24, 2.45) is 0 Å². The normalized spacial score (nSPS) is 10.8. The first-order chi connectivity index (χ1) is 10.9. The van der Waals surface area contributed by atoms with Gasteiger partial charge in [0.2, 0.25) is 0 Å². The topological polar surface area (TPSA) is 92.3 Å². The van der Waals surface area contributed by atoms with Crippen LogP contribution in [0.15, 0.2) is 29.1 Å². The highest BCUT2D eigenvalue weighted by molar-refractivity contribution is 5.70. The summed E-state index contributed by atoms with van der Waals surface area (Å²) in [4.78, 5) is 29.4. The molecule has 0 spiro atoms. The largest absolute Gasteiger partial charge is 0.486 e. The average Bonchev–Trinajstić information content (AvgIpc) is 2.49. The van der Waals surface area contributed by atoms with Crippen LogP contribution in [-0.2, 0) is 17.8 Å². The number of carboxylic acid groups (broad SMARTS) is 1. The molecular weight excluding hydrogens is 296 g/mol. The lowest BCUT2D eigenvalue weighted by molar-refractivity contribution is -0.136. The summed E-state index contributed by atoms with van der Waals surface area (Å²) in [5, 5.41) is 8.79. The maximum absolute atomic E-state index is 11.9. The SMILES string of the molecule is Cc1nc(COc2ccc(C(C)C)cc2)[nH]c(=O)c1CC(=O)O. The molecule has 23 heavy (non-hydrogen) atoms. The van der Waals surface area contributed by atoms with Crippen LogP contribution in [0.3, 0.4) is 0 Å². The third-order valence-corrected chi connectivity index (χ3v) is 3.52. The van der Waals surface area contributed by atoms with E-state index in [9.17, 15) is 9.59 Å². The van der Waals surface area contributed by atoms with Gasteiger partial charge in [-0.15, -0.1) is 0 Å². The Kier molecular flexibility index (Phi) is 5.16. The van der Waals surface area contributed by atoms with E-state index in [-0.39, 0.29) is 18.6 Å².